The molecule has 0 atom stereocenters. The van der Waals surface area contributed by atoms with Gasteiger partial charge in [0.15, 0.2) is 0 Å². The molecule has 0 amide bonds. The minimum atomic E-state index is 0.774. The molecule has 3 rings (SSSR count). The average Bonchev–Trinajstić information content (AvgIpc) is 2.83. The number of rotatable bonds is 2. The first-order chi connectivity index (χ1) is 8.86. The second-order valence-electron chi connectivity index (χ2n) is 5.94. The van der Waals surface area contributed by atoms with Crippen molar-refractivity contribution < 1.29 is 19.4 Å². The molecule has 0 saturated heterocycles. The molecule has 0 radical (unpaired) electrons. The molecule has 2 fully saturated rings. The summed E-state index contributed by atoms with van der Waals surface area (Å²) in [4.78, 5) is 0. The fourth-order valence-corrected chi connectivity index (χ4v) is 4.80. The Labute approximate surface area is 121 Å². The molecule has 1 heterocycles. The van der Waals surface area contributed by atoms with Gasteiger partial charge < -0.3 is 0 Å². The normalized spacial score (nSPS) is 23.4. The number of aromatic nitrogens is 2. The molecule has 0 N–H and O–H groups in total. The van der Waals surface area contributed by atoms with E-state index in [-0.39, 0.29) is 0 Å². The second kappa shape index (κ2) is 5.90. The van der Waals surface area contributed by atoms with Crippen LogP contribution in [0.5, 0.6) is 0 Å². The van der Waals surface area contributed by atoms with Crippen LogP contribution in [0, 0.1) is 3.80 Å². The van der Waals surface area contributed by atoms with Gasteiger partial charge in [-0.1, -0.05) is 0 Å². The Morgan fingerprint density at radius 3 is 1.50 bits per heavy atom. The standard InChI is InChI=1S/C15H24N2.Pt/c1-3-7-14(8-4-1)16-11-12-17(13-16)15-9-5-2-6-10-15;/h11-12,14-15H,1-10H2;. The van der Waals surface area contributed by atoms with E-state index in [2.05, 4.69) is 40.9 Å². The van der Waals surface area contributed by atoms with Gasteiger partial charge >= 0.3 is 121 Å². The predicted octanol–water partition coefficient (Wildman–Crippen LogP) is 4.38. The van der Waals surface area contributed by atoms with Gasteiger partial charge in [0.25, 0.3) is 0 Å². The van der Waals surface area contributed by atoms with Gasteiger partial charge in [0.05, 0.1) is 0 Å². The van der Waals surface area contributed by atoms with E-state index in [1.54, 1.807) is 0 Å². The van der Waals surface area contributed by atoms with Gasteiger partial charge in [-0.2, -0.15) is 0 Å². The van der Waals surface area contributed by atoms with Gasteiger partial charge in [-0.15, -0.1) is 0 Å². The molecule has 0 bridgehead atoms. The van der Waals surface area contributed by atoms with E-state index in [0.29, 0.717) is 0 Å². The van der Waals surface area contributed by atoms with E-state index in [1.807, 2.05) is 0 Å². The van der Waals surface area contributed by atoms with E-state index >= 15 is 0 Å². The Balaban J connectivity index is 1.80. The van der Waals surface area contributed by atoms with Gasteiger partial charge in [0.1, 0.15) is 0 Å². The third-order valence-electron chi connectivity index (χ3n) is 4.72. The summed E-state index contributed by atoms with van der Waals surface area (Å²) in [7, 11) is 0. The van der Waals surface area contributed by atoms with Crippen LogP contribution in [-0.2, 0) is 19.4 Å². The first kappa shape index (κ1) is 12.9. The third kappa shape index (κ3) is 2.59. The van der Waals surface area contributed by atoms with Crippen molar-refractivity contribution in [2.24, 2.45) is 0 Å². The number of hydrogen-bond acceptors (Lipinski definition) is 0. The van der Waals surface area contributed by atoms with E-state index < -0.39 is 0 Å². The van der Waals surface area contributed by atoms with Crippen molar-refractivity contribution in [3.05, 3.63) is 16.2 Å². The number of imidazole rings is 1. The van der Waals surface area contributed by atoms with Crippen molar-refractivity contribution in [1.82, 2.24) is 9.13 Å². The zero-order valence-electron chi connectivity index (χ0n) is 11.1. The third-order valence-corrected chi connectivity index (χ3v) is 5.89. The minimum absolute atomic E-state index is 0.774. The average molecular weight is 427 g/mol. The summed E-state index contributed by atoms with van der Waals surface area (Å²) < 4.78 is 6.57. The molecule has 2 aliphatic carbocycles. The van der Waals surface area contributed by atoms with Gasteiger partial charge in [-0.3, -0.25) is 0 Å². The van der Waals surface area contributed by atoms with Crippen LogP contribution in [0.1, 0.15) is 76.3 Å². The maximum absolute atomic E-state index is 2.55. The molecule has 104 valence electrons. The molecule has 2 nitrogen and oxygen atoms in total. The zero-order valence-corrected chi connectivity index (χ0v) is 13.4. The molecule has 2 saturated carbocycles. The number of hydrogen-bond donors (Lipinski definition) is 0. The van der Waals surface area contributed by atoms with Crippen LogP contribution in [0.3, 0.4) is 0 Å². The summed E-state index contributed by atoms with van der Waals surface area (Å²) in [6.45, 7) is 0. The van der Waals surface area contributed by atoms with Crippen LogP contribution >= 0.6 is 0 Å². The van der Waals surface area contributed by atoms with Gasteiger partial charge in [0.2, 0.25) is 0 Å². The van der Waals surface area contributed by atoms with Crippen LogP contribution in [-0.4, -0.2) is 9.13 Å². The molecular formula is C15H24N2Pt. The Kier molecular flexibility index (Phi) is 4.23. The molecule has 0 spiro atoms. The monoisotopic (exact) mass is 427 g/mol. The molecule has 1 aromatic heterocycles. The molecule has 2 aliphatic rings. The van der Waals surface area contributed by atoms with Gasteiger partial charge in [-0.25, -0.2) is 0 Å². The fourth-order valence-electron chi connectivity index (χ4n) is 3.63. The van der Waals surface area contributed by atoms with Crippen molar-refractivity contribution in [3.63, 3.8) is 0 Å². The van der Waals surface area contributed by atoms with Crippen LogP contribution in [0.25, 0.3) is 0 Å². The first-order valence-electron chi connectivity index (χ1n) is 7.60. The second-order valence-corrected chi connectivity index (χ2v) is 6.95. The Bertz CT molecular complexity index is 395. The molecule has 0 unspecified atom stereocenters. The Morgan fingerprint density at radius 2 is 1.11 bits per heavy atom. The molecule has 0 aromatic carbocycles. The van der Waals surface area contributed by atoms with Crippen molar-refractivity contribution in [3.8, 4) is 0 Å². The fraction of sp³-hybridized carbons (Fsp3) is 0.800. The van der Waals surface area contributed by atoms with Crippen molar-refractivity contribution in [2.75, 3.05) is 0 Å². The first-order valence-corrected chi connectivity index (χ1v) is 8.74. The summed E-state index contributed by atoms with van der Waals surface area (Å²) >= 11 is 2.55. The SMILES string of the molecule is [Pt]=[c]1n(C2CCCCC2)ccn1C1CCCCC1. The van der Waals surface area contributed by atoms with E-state index in [4.69, 9.17) is 0 Å². The van der Waals surface area contributed by atoms with Crippen LogP contribution in [0.2, 0.25) is 0 Å². The molecule has 18 heavy (non-hydrogen) atoms. The van der Waals surface area contributed by atoms with Gasteiger partial charge in [-0.05, 0) is 0 Å². The summed E-state index contributed by atoms with van der Waals surface area (Å²) in [5, 5.41) is 0. The summed E-state index contributed by atoms with van der Waals surface area (Å²) in [5.41, 5.74) is 0. The summed E-state index contributed by atoms with van der Waals surface area (Å²) in [6, 6.07) is 1.55. The van der Waals surface area contributed by atoms with Crippen molar-refractivity contribution in [1.29, 1.82) is 0 Å². The quantitative estimate of drug-likeness (QED) is 0.663. The van der Waals surface area contributed by atoms with Crippen LogP contribution in [0.4, 0.5) is 0 Å². The molecule has 0 aliphatic heterocycles. The van der Waals surface area contributed by atoms with E-state index in [0.717, 1.165) is 12.1 Å². The topological polar surface area (TPSA) is 9.86 Å². The van der Waals surface area contributed by atoms with Crippen molar-refractivity contribution in [2.45, 2.75) is 76.3 Å². The van der Waals surface area contributed by atoms with E-state index in [9.17, 15) is 0 Å². The molecule has 3 heteroatoms. The van der Waals surface area contributed by atoms with Crippen LogP contribution < -0.4 is 0 Å². The Hall–Kier alpha value is -0.102. The molecule has 1 aromatic rings. The maximum atomic E-state index is 2.55. The number of nitrogens with zero attached hydrogens (tertiary/aromatic N) is 2. The van der Waals surface area contributed by atoms with E-state index in [1.165, 1.54) is 68.0 Å². The summed E-state index contributed by atoms with van der Waals surface area (Å²) in [6.07, 6.45) is 18.8. The van der Waals surface area contributed by atoms with Crippen molar-refractivity contribution >= 4 is 0 Å². The molecular weight excluding hydrogens is 403 g/mol. The zero-order chi connectivity index (χ0) is 12.4. The van der Waals surface area contributed by atoms with Crippen LogP contribution in [0.15, 0.2) is 12.4 Å². The summed E-state index contributed by atoms with van der Waals surface area (Å²) in [5.74, 6) is 0. The Morgan fingerprint density at radius 1 is 0.722 bits per heavy atom. The predicted molar refractivity (Wildman–Crippen MR) is 69.9 cm³/mol. The van der Waals surface area contributed by atoms with Gasteiger partial charge in [0, 0.05) is 0 Å².